The molecule has 1 aliphatic heterocycles. The van der Waals surface area contributed by atoms with E-state index < -0.39 is 11.7 Å². The first-order valence-electron chi connectivity index (χ1n) is 11.6. The summed E-state index contributed by atoms with van der Waals surface area (Å²) in [5.41, 5.74) is 0.912. The van der Waals surface area contributed by atoms with Crippen LogP contribution >= 0.6 is 0 Å². The second kappa shape index (κ2) is 9.85. The summed E-state index contributed by atoms with van der Waals surface area (Å²) in [7, 11) is 0. The molecule has 180 valence electrons. The van der Waals surface area contributed by atoms with Crippen molar-refractivity contribution in [3.8, 4) is 11.5 Å². The van der Waals surface area contributed by atoms with E-state index in [1.807, 2.05) is 24.3 Å². The van der Waals surface area contributed by atoms with Gasteiger partial charge in [-0.3, -0.25) is 4.98 Å². The number of hydrogen-bond acceptors (Lipinski definition) is 6. The van der Waals surface area contributed by atoms with Crippen LogP contribution in [0.25, 0.3) is 11.5 Å². The van der Waals surface area contributed by atoms with Crippen LogP contribution in [0.5, 0.6) is 0 Å². The topological polar surface area (TPSA) is 67.9 Å². The molecule has 1 aliphatic rings. The highest BCUT2D eigenvalue weighted by atomic mass is 19.4. The molecule has 4 aromatic rings. The Labute approximate surface area is 200 Å². The van der Waals surface area contributed by atoms with Gasteiger partial charge < -0.3 is 9.42 Å². The van der Waals surface area contributed by atoms with E-state index in [0.29, 0.717) is 12.2 Å². The summed E-state index contributed by atoms with van der Waals surface area (Å²) in [6, 6.07) is 12.9. The van der Waals surface area contributed by atoms with Gasteiger partial charge in [0.05, 0.1) is 17.0 Å². The second-order valence-electron chi connectivity index (χ2n) is 8.58. The molecular weight excluding hydrogens is 455 g/mol. The van der Waals surface area contributed by atoms with E-state index in [2.05, 4.69) is 25.0 Å². The predicted molar refractivity (Wildman–Crippen MR) is 125 cm³/mol. The summed E-state index contributed by atoms with van der Waals surface area (Å²) < 4.78 is 46.1. The van der Waals surface area contributed by atoms with Crippen LogP contribution in [0.1, 0.15) is 47.7 Å². The average molecular weight is 480 g/mol. The van der Waals surface area contributed by atoms with Crippen LogP contribution in [0.3, 0.4) is 0 Å². The third kappa shape index (κ3) is 5.03. The Hall–Kier alpha value is -3.75. The molecule has 0 saturated carbocycles. The molecule has 0 bridgehead atoms. The number of rotatable bonds is 6. The van der Waals surface area contributed by atoms with Gasteiger partial charge in [0.25, 0.3) is 5.89 Å². The van der Waals surface area contributed by atoms with Crippen LogP contribution < -0.4 is 4.90 Å². The van der Waals surface area contributed by atoms with E-state index in [-0.39, 0.29) is 17.4 Å². The van der Waals surface area contributed by atoms with Crippen molar-refractivity contribution in [2.75, 3.05) is 18.0 Å². The average Bonchev–Trinajstić information content (AvgIpc) is 3.38. The number of benzene rings is 1. The summed E-state index contributed by atoms with van der Waals surface area (Å²) in [6.45, 7) is 1.89. The Balaban J connectivity index is 1.52. The number of nitrogens with zero attached hydrogens (tertiary/aromatic N) is 5. The molecule has 1 unspecified atom stereocenters. The molecule has 0 radical (unpaired) electrons. The van der Waals surface area contributed by atoms with Gasteiger partial charge in [0.2, 0.25) is 0 Å². The third-order valence-electron chi connectivity index (χ3n) is 6.25. The molecule has 35 heavy (non-hydrogen) atoms. The Morgan fingerprint density at radius 3 is 2.51 bits per heavy atom. The van der Waals surface area contributed by atoms with E-state index in [1.54, 1.807) is 18.6 Å². The molecule has 1 fully saturated rings. The van der Waals surface area contributed by atoms with Gasteiger partial charge in [0.15, 0.2) is 5.82 Å². The number of anilines is 1. The van der Waals surface area contributed by atoms with E-state index in [9.17, 15) is 13.2 Å². The van der Waals surface area contributed by atoms with Gasteiger partial charge >= 0.3 is 6.18 Å². The van der Waals surface area contributed by atoms with Gasteiger partial charge in [-0.15, -0.1) is 0 Å². The molecule has 1 aromatic carbocycles. The molecule has 9 heteroatoms. The third-order valence-corrected chi connectivity index (χ3v) is 6.25. The van der Waals surface area contributed by atoms with Gasteiger partial charge in [-0.25, -0.2) is 4.98 Å². The summed E-state index contributed by atoms with van der Waals surface area (Å²) in [6.07, 6.45) is 4.60. The zero-order chi connectivity index (χ0) is 24.3. The molecule has 1 saturated heterocycles. The molecule has 0 spiro atoms. The molecular formula is C26H24F3N5O. The van der Waals surface area contributed by atoms with E-state index in [0.717, 1.165) is 48.9 Å². The lowest BCUT2D eigenvalue weighted by Crippen LogP contribution is -2.31. The fourth-order valence-electron chi connectivity index (χ4n) is 4.54. The molecule has 0 amide bonds. The number of alkyl halides is 3. The van der Waals surface area contributed by atoms with Gasteiger partial charge in [-0.1, -0.05) is 29.4 Å². The van der Waals surface area contributed by atoms with Crippen LogP contribution in [0, 0.1) is 0 Å². The largest absolute Gasteiger partial charge is 0.417 e. The van der Waals surface area contributed by atoms with Crippen LogP contribution in [0.2, 0.25) is 0 Å². The summed E-state index contributed by atoms with van der Waals surface area (Å²) in [4.78, 5) is 15.6. The minimum absolute atomic E-state index is 0.140. The fourth-order valence-corrected chi connectivity index (χ4v) is 4.54. The van der Waals surface area contributed by atoms with Crippen molar-refractivity contribution in [1.29, 1.82) is 0 Å². The Morgan fingerprint density at radius 2 is 1.74 bits per heavy atom. The number of aromatic nitrogens is 4. The maximum atomic E-state index is 13.6. The molecule has 0 N–H and O–H groups in total. The Kier molecular flexibility index (Phi) is 6.48. The van der Waals surface area contributed by atoms with Gasteiger partial charge in [-0.05, 0) is 61.1 Å². The minimum atomic E-state index is -4.53. The first-order valence-corrected chi connectivity index (χ1v) is 11.6. The zero-order valence-corrected chi connectivity index (χ0v) is 18.9. The summed E-state index contributed by atoms with van der Waals surface area (Å²) >= 11 is 0. The fraction of sp³-hybridized carbons (Fsp3) is 0.308. The lowest BCUT2D eigenvalue weighted by Gasteiger charge is -2.30. The van der Waals surface area contributed by atoms with Gasteiger partial charge in [-0.2, -0.15) is 18.2 Å². The molecule has 4 heterocycles. The maximum absolute atomic E-state index is 13.6. The Morgan fingerprint density at radius 1 is 0.943 bits per heavy atom. The van der Waals surface area contributed by atoms with Crippen LogP contribution in [-0.4, -0.2) is 33.2 Å². The minimum Gasteiger partial charge on any atom is -0.356 e. The van der Waals surface area contributed by atoms with Crippen molar-refractivity contribution in [2.45, 2.75) is 37.8 Å². The number of hydrogen-bond donors (Lipinski definition) is 0. The lowest BCUT2D eigenvalue weighted by molar-refractivity contribution is -0.137. The first-order chi connectivity index (χ1) is 17.0. The maximum Gasteiger partial charge on any atom is 0.417 e. The highest BCUT2D eigenvalue weighted by Crippen LogP contribution is 2.37. The van der Waals surface area contributed by atoms with Crippen LogP contribution in [0.15, 0.2) is 71.6 Å². The highest BCUT2D eigenvalue weighted by molar-refractivity contribution is 5.59. The summed E-state index contributed by atoms with van der Waals surface area (Å²) in [5, 5.41) is 4.12. The van der Waals surface area contributed by atoms with Crippen molar-refractivity contribution in [3.05, 3.63) is 89.6 Å². The zero-order valence-electron chi connectivity index (χ0n) is 18.9. The van der Waals surface area contributed by atoms with E-state index >= 15 is 0 Å². The molecule has 0 aliphatic carbocycles. The monoisotopic (exact) mass is 479 g/mol. The number of pyridine rings is 2. The molecule has 3 aromatic heterocycles. The molecule has 6 nitrogen and oxygen atoms in total. The van der Waals surface area contributed by atoms with E-state index in [1.165, 1.54) is 24.6 Å². The van der Waals surface area contributed by atoms with Crippen LogP contribution in [-0.2, 0) is 12.6 Å². The summed E-state index contributed by atoms with van der Waals surface area (Å²) in [5.74, 6) is 0.696. The molecule has 1 atom stereocenters. The second-order valence-corrected chi connectivity index (χ2v) is 8.58. The van der Waals surface area contributed by atoms with Crippen molar-refractivity contribution in [2.24, 2.45) is 0 Å². The smallest absolute Gasteiger partial charge is 0.356 e. The van der Waals surface area contributed by atoms with Crippen molar-refractivity contribution in [1.82, 2.24) is 20.1 Å². The lowest BCUT2D eigenvalue weighted by atomic mass is 9.92. The van der Waals surface area contributed by atoms with Crippen molar-refractivity contribution >= 4 is 5.82 Å². The quantitative estimate of drug-likeness (QED) is 0.343. The molecule has 5 rings (SSSR count). The number of halogens is 3. The van der Waals surface area contributed by atoms with Crippen molar-refractivity contribution in [3.63, 3.8) is 0 Å². The van der Waals surface area contributed by atoms with E-state index in [4.69, 9.17) is 4.52 Å². The van der Waals surface area contributed by atoms with Crippen molar-refractivity contribution < 1.29 is 17.7 Å². The standard InChI is InChI=1S/C26H24F3N5O/c27-26(28,29)22-11-3-2-10-20(22)25-32-23(33-35-25)21(19-9-6-12-30-17-19)16-18-8-7-13-31-24(18)34-14-4-1-5-15-34/h2-3,6-13,17,21H,1,4-5,14-16H2. The van der Waals surface area contributed by atoms with Crippen LogP contribution in [0.4, 0.5) is 19.0 Å². The SMILES string of the molecule is FC(F)(F)c1ccccc1-c1nc(C(Cc2cccnc2N2CCCCC2)c2cccnc2)no1. The highest BCUT2D eigenvalue weighted by Gasteiger charge is 2.35. The Bertz CT molecular complexity index is 1270. The van der Waals surface area contributed by atoms with Gasteiger partial charge in [0, 0.05) is 31.7 Å². The normalized spacial score (nSPS) is 15.2. The first kappa shape index (κ1) is 23.0. The number of piperidine rings is 1. The predicted octanol–water partition coefficient (Wildman–Crippen LogP) is 5.91. The van der Waals surface area contributed by atoms with Gasteiger partial charge in [0.1, 0.15) is 5.82 Å².